The minimum absolute atomic E-state index is 0.357. The quantitative estimate of drug-likeness (QED) is 0.606. The lowest BCUT2D eigenvalue weighted by Crippen LogP contribution is -1.93. The van der Waals surface area contributed by atoms with E-state index in [9.17, 15) is 4.79 Å². The van der Waals surface area contributed by atoms with Gasteiger partial charge in [-0.1, -0.05) is 35.5 Å². The Kier molecular flexibility index (Phi) is 5.27. The van der Waals surface area contributed by atoms with E-state index >= 15 is 0 Å². The molecule has 0 heterocycles. The number of methoxy groups -OCH3 is 1. The van der Waals surface area contributed by atoms with E-state index in [2.05, 4.69) is 4.74 Å². The molecule has 0 atom stereocenters. The Balaban J connectivity index is 2.03. The van der Waals surface area contributed by atoms with Gasteiger partial charge in [-0.05, 0) is 48.0 Å². The van der Waals surface area contributed by atoms with Crippen LogP contribution in [0.3, 0.4) is 0 Å². The van der Waals surface area contributed by atoms with E-state index in [1.165, 1.54) is 13.2 Å². The Hall–Kier alpha value is -1.71. The van der Waals surface area contributed by atoms with Crippen molar-refractivity contribution in [2.75, 3.05) is 7.11 Å². The van der Waals surface area contributed by atoms with Crippen LogP contribution in [0.4, 0.5) is 0 Å². The zero-order valence-electron chi connectivity index (χ0n) is 10.9. The largest absolute Gasteiger partial charge is 0.466 e. The second-order valence-electron chi connectivity index (χ2n) is 3.98. The van der Waals surface area contributed by atoms with Crippen molar-refractivity contribution >= 4 is 35.4 Å². The monoisotopic (exact) mass is 304 g/mol. The SMILES string of the molecule is COC(=O)C=Cc1ccc(Sc2ccc(Cl)cc2)cc1. The molecule has 0 saturated carbocycles. The van der Waals surface area contributed by atoms with E-state index in [-0.39, 0.29) is 5.97 Å². The van der Waals surface area contributed by atoms with Crippen molar-refractivity contribution in [1.29, 1.82) is 0 Å². The molecule has 0 amide bonds. The molecular formula is C16H13ClO2S. The molecule has 2 aromatic rings. The predicted octanol–water partition coefficient (Wildman–Crippen LogP) is 4.68. The van der Waals surface area contributed by atoms with Crippen LogP contribution in [0.2, 0.25) is 5.02 Å². The lowest BCUT2D eigenvalue weighted by molar-refractivity contribution is -0.134. The van der Waals surface area contributed by atoms with Gasteiger partial charge in [0.05, 0.1) is 7.11 Å². The van der Waals surface area contributed by atoms with Gasteiger partial charge in [0.2, 0.25) is 0 Å². The molecule has 0 aromatic heterocycles. The third-order valence-electron chi connectivity index (χ3n) is 2.54. The van der Waals surface area contributed by atoms with Crippen molar-refractivity contribution in [3.05, 3.63) is 65.2 Å². The number of carbonyl (C=O) groups is 1. The van der Waals surface area contributed by atoms with Crippen molar-refractivity contribution in [3.63, 3.8) is 0 Å². The van der Waals surface area contributed by atoms with Crippen LogP contribution in [-0.4, -0.2) is 13.1 Å². The first kappa shape index (κ1) is 14.7. The minimum atomic E-state index is -0.357. The van der Waals surface area contributed by atoms with Gasteiger partial charge in [-0.15, -0.1) is 0 Å². The standard InChI is InChI=1S/C16H13ClO2S/c1-19-16(18)11-4-12-2-7-14(8-3-12)20-15-9-5-13(17)6-10-15/h2-11H,1H3. The molecule has 20 heavy (non-hydrogen) atoms. The van der Waals surface area contributed by atoms with Crippen LogP contribution in [0.25, 0.3) is 6.08 Å². The molecule has 2 aromatic carbocycles. The van der Waals surface area contributed by atoms with Crippen LogP contribution in [0, 0.1) is 0 Å². The summed E-state index contributed by atoms with van der Waals surface area (Å²) in [6, 6.07) is 15.6. The number of ether oxygens (including phenoxy) is 1. The normalized spacial score (nSPS) is 10.7. The Bertz CT molecular complexity index is 603. The van der Waals surface area contributed by atoms with E-state index in [1.54, 1.807) is 17.8 Å². The van der Waals surface area contributed by atoms with Gasteiger partial charge < -0.3 is 4.74 Å². The van der Waals surface area contributed by atoms with Gasteiger partial charge in [-0.25, -0.2) is 4.79 Å². The molecule has 0 bridgehead atoms. The van der Waals surface area contributed by atoms with Gasteiger partial charge in [0.1, 0.15) is 0 Å². The molecule has 102 valence electrons. The topological polar surface area (TPSA) is 26.3 Å². The summed E-state index contributed by atoms with van der Waals surface area (Å²) in [6.45, 7) is 0. The molecule has 0 aliphatic rings. The lowest BCUT2D eigenvalue weighted by atomic mass is 10.2. The summed E-state index contributed by atoms with van der Waals surface area (Å²) in [5.74, 6) is -0.357. The second-order valence-corrected chi connectivity index (χ2v) is 5.56. The van der Waals surface area contributed by atoms with Crippen molar-refractivity contribution in [2.45, 2.75) is 9.79 Å². The van der Waals surface area contributed by atoms with Crippen LogP contribution in [0.5, 0.6) is 0 Å². The molecule has 0 radical (unpaired) electrons. The van der Waals surface area contributed by atoms with Gasteiger partial charge in [0, 0.05) is 20.9 Å². The third kappa shape index (κ3) is 4.44. The first-order chi connectivity index (χ1) is 9.67. The highest BCUT2D eigenvalue weighted by Gasteiger charge is 1.98. The summed E-state index contributed by atoms with van der Waals surface area (Å²) in [5, 5.41) is 0.734. The fourth-order valence-corrected chi connectivity index (χ4v) is 2.46. The number of halogens is 1. The minimum Gasteiger partial charge on any atom is -0.466 e. The Morgan fingerprint density at radius 2 is 1.60 bits per heavy atom. The lowest BCUT2D eigenvalue weighted by Gasteiger charge is -2.02. The molecule has 2 rings (SSSR count). The number of rotatable bonds is 4. The predicted molar refractivity (Wildman–Crippen MR) is 83.1 cm³/mol. The smallest absolute Gasteiger partial charge is 0.330 e. The average Bonchev–Trinajstić information content (AvgIpc) is 2.48. The maximum atomic E-state index is 11.0. The zero-order chi connectivity index (χ0) is 14.4. The zero-order valence-corrected chi connectivity index (χ0v) is 12.4. The van der Waals surface area contributed by atoms with E-state index in [4.69, 9.17) is 11.6 Å². The Labute approximate surface area is 127 Å². The summed E-state index contributed by atoms with van der Waals surface area (Å²) in [5.41, 5.74) is 0.954. The highest BCUT2D eigenvalue weighted by Crippen LogP contribution is 2.28. The van der Waals surface area contributed by atoms with Crippen LogP contribution in [0.1, 0.15) is 5.56 Å². The Morgan fingerprint density at radius 1 is 1.05 bits per heavy atom. The Morgan fingerprint density at radius 3 is 2.15 bits per heavy atom. The first-order valence-corrected chi connectivity index (χ1v) is 7.16. The third-order valence-corrected chi connectivity index (χ3v) is 3.81. The number of hydrogen-bond donors (Lipinski definition) is 0. The average molecular weight is 305 g/mol. The van der Waals surface area contributed by atoms with E-state index < -0.39 is 0 Å². The second kappa shape index (κ2) is 7.17. The molecule has 0 saturated heterocycles. The molecule has 0 unspecified atom stereocenters. The molecular weight excluding hydrogens is 292 g/mol. The molecule has 0 aliphatic carbocycles. The van der Waals surface area contributed by atoms with E-state index in [1.807, 2.05) is 48.5 Å². The van der Waals surface area contributed by atoms with E-state index in [0.717, 1.165) is 20.4 Å². The highest BCUT2D eigenvalue weighted by molar-refractivity contribution is 7.99. The van der Waals surface area contributed by atoms with Crippen LogP contribution >= 0.6 is 23.4 Å². The van der Waals surface area contributed by atoms with Crippen molar-refractivity contribution < 1.29 is 9.53 Å². The molecule has 0 fully saturated rings. The molecule has 2 nitrogen and oxygen atoms in total. The van der Waals surface area contributed by atoms with Gasteiger partial charge in [-0.2, -0.15) is 0 Å². The summed E-state index contributed by atoms with van der Waals surface area (Å²) >= 11 is 7.51. The van der Waals surface area contributed by atoms with Gasteiger partial charge in [0.15, 0.2) is 0 Å². The summed E-state index contributed by atoms with van der Waals surface area (Å²) < 4.78 is 4.54. The maximum absolute atomic E-state index is 11.0. The fraction of sp³-hybridized carbons (Fsp3) is 0.0625. The number of carbonyl (C=O) groups excluding carboxylic acids is 1. The van der Waals surface area contributed by atoms with Gasteiger partial charge in [0.25, 0.3) is 0 Å². The van der Waals surface area contributed by atoms with Crippen LogP contribution in [0.15, 0.2) is 64.4 Å². The number of esters is 1. The van der Waals surface area contributed by atoms with Crippen LogP contribution < -0.4 is 0 Å². The van der Waals surface area contributed by atoms with Crippen molar-refractivity contribution in [3.8, 4) is 0 Å². The highest BCUT2D eigenvalue weighted by atomic mass is 35.5. The van der Waals surface area contributed by atoms with Gasteiger partial charge in [-0.3, -0.25) is 0 Å². The maximum Gasteiger partial charge on any atom is 0.330 e. The van der Waals surface area contributed by atoms with Crippen molar-refractivity contribution in [2.24, 2.45) is 0 Å². The molecule has 4 heteroatoms. The van der Waals surface area contributed by atoms with E-state index in [0.29, 0.717) is 0 Å². The van der Waals surface area contributed by atoms with Crippen LogP contribution in [-0.2, 0) is 9.53 Å². The van der Waals surface area contributed by atoms with Gasteiger partial charge >= 0.3 is 5.97 Å². The first-order valence-electron chi connectivity index (χ1n) is 5.97. The molecule has 0 N–H and O–H groups in total. The summed E-state index contributed by atoms with van der Waals surface area (Å²) in [4.78, 5) is 13.3. The number of benzene rings is 2. The summed E-state index contributed by atoms with van der Waals surface area (Å²) in [7, 11) is 1.36. The molecule has 0 spiro atoms. The number of hydrogen-bond acceptors (Lipinski definition) is 3. The fourth-order valence-electron chi connectivity index (χ4n) is 1.52. The molecule has 0 aliphatic heterocycles. The van der Waals surface area contributed by atoms with Crippen molar-refractivity contribution in [1.82, 2.24) is 0 Å². The summed E-state index contributed by atoms with van der Waals surface area (Å²) in [6.07, 6.45) is 3.13.